The van der Waals surface area contributed by atoms with E-state index in [1.165, 1.54) is 11.1 Å². The molecule has 1 aromatic carbocycles. The van der Waals surface area contributed by atoms with Gasteiger partial charge < -0.3 is 15.2 Å². The van der Waals surface area contributed by atoms with Crippen molar-refractivity contribution < 1.29 is 9.84 Å². The van der Waals surface area contributed by atoms with Gasteiger partial charge in [-0.2, -0.15) is 0 Å². The van der Waals surface area contributed by atoms with E-state index < -0.39 is 0 Å². The Morgan fingerprint density at radius 2 is 2.21 bits per heavy atom. The number of fused-ring (bicyclic) bond motifs is 1. The maximum atomic E-state index is 9.26. The summed E-state index contributed by atoms with van der Waals surface area (Å²) in [6.45, 7) is 7.32. The van der Waals surface area contributed by atoms with E-state index >= 15 is 0 Å². The summed E-state index contributed by atoms with van der Waals surface area (Å²) in [6, 6.07) is 6.96. The van der Waals surface area contributed by atoms with Gasteiger partial charge in [-0.1, -0.05) is 25.1 Å². The molecule has 3 nitrogen and oxygen atoms in total. The van der Waals surface area contributed by atoms with E-state index in [-0.39, 0.29) is 12.5 Å². The number of ether oxygens (including phenoxy) is 1. The average molecular weight is 263 g/mol. The Balaban J connectivity index is 2.20. The lowest BCUT2D eigenvalue weighted by Gasteiger charge is -2.26. The topological polar surface area (TPSA) is 41.5 Å². The first-order chi connectivity index (χ1) is 9.13. The fourth-order valence-corrected chi connectivity index (χ4v) is 2.58. The van der Waals surface area contributed by atoms with Crippen molar-refractivity contribution in [1.29, 1.82) is 0 Å². The maximum absolute atomic E-state index is 9.26. The van der Waals surface area contributed by atoms with Crippen LogP contribution in [0, 0.1) is 12.8 Å². The van der Waals surface area contributed by atoms with Crippen LogP contribution in [0.3, 0.4) is 0 Å². The molecule has 1 aliphatic rings. The summed E-state index contributed by atoms with van der Waals surface area (Å²) in [4.78, 5) is 0. The first-order valence-electron chi connectivity index (χ1n) is 7.22. The molecule has 0 aliphatic carbocycles. The molecule has 1 aromatic rings. The molecule has 106 valence electrons. The molecule has 1 aliphatic heterocycles. The smallest absolute Gasteiger partial charge is 0.126 e. The van der Waals surface area contributed by atoms with Gasteiger partial charge in [0.05, 0.1) is 6.61 Å². The standard InChI is InChI=1S/C16H25NO2/c1-11-6-4-7-14-15(8-5-9-19-16(11)14)17-13(3)12(2)10-18/h4,6-7,12-13,15,17-18H,5,8-10H2,1-3H3. The molecule has 0 aromatic heterocycles. The van der Waals surface area contributed by atoms with E-state index in [1.54, 1.807) is 0 Å². The molecule has 3 unspecified atom stereocenters. The molecule has 0 fully saturated rings. The fraction of sp³-hybridized carbons (Fsp3) is 0.625. The van der Waals surface area contributed by atoms with Crippen molar-refractivity contribution in [3.63, 3.8) is 0 Å². The van der Waals surface area contributed by atoms with Crippen LogP contribution >= 0.6 is 0 Å². The second-order valence-electron chi connectivity index (χ2n) is 5.65. The second-order valence-corrected chi connectivity index (χ2v) is 5.65. The number of nitrogens with one attached hydrogen (secondary N) is 1. The number of aliphatic hydroxyl groups is 1. The summed E-state index contributed by atoms with van der Waals surface area (Å²) in [5.41, 5.74) is 2.46. The average Bonchev–Trinajstić information content (AvgIpc) is 2.62. The van der Waals surface area contributed by atoms with Crippen molar-refractivity contribution in [3.8, 4) is 5.75 Å². The van der Waals surface area contributed by atoms with Gasteiger partial charge in [0.25, 0.3) is 0 Å². The fourth-order valence-electron chi connectivity index (χ4n) is 2.58. The van der Waals surface area contributed by atoms with E-state index in [1.807, 2.05) is 0 Å². The molecule has 0 saturated heterocycles. The zero-order valence-corrected chi connectivity index (χ0v) is 12.1. The van der Waals surface area contributed by atoms with Gasteiger partial charge in [0, 0.05) is 24.3 Å². The summed E-state index contributed by atoms with van der Waals surface area (Å²) >= 11 is 0. The highest BCUT2D eigenvalue weighted by Gasteiger charge is 2.23. The van der Waals surface area contributed by atoms with Crippen molar-refractivity contribution >= 4 is 0 Å². The number of hydrogen-bond donors (Lipinski definition) is 2. The van der Waals surface area contributed by atoms with Gasteiger partial charge in [-0.3, -0.25) is 0 Å². The Hall–Kier alpha value is -1.06. The van der Waals surface area contributed by atoms with Crippen molar-refractivity contribution in [1.82, 2.24) is 5.32 Å². The van der Waals surface area contributed by atoms with Gasteiger partial charge in [-0.05, 0) is 38.2 Å². The van der Waals surface area contributed by atoms with Crippen LogP contribution in [0.4, 0.5) is 0 Å². The molecule has 0 saturated carbocycles. The van der Waals surface area contributed by atoms with E-state index in [0.717, 1.165) is 25.2 Å². The number of para-hydroxylation sites is 1. The monoisotopic (exact) mass is 263 g/mol. The lowest BCUT2D eigenvalue weighted by molar-refractivity contribution is 0.199. The number of hydrogen-bond acceptors (Lipinski definition) is 3. The predicted molar refractivity (Wildman–Crippen MR) is 77.5 cm³/mol. The second kappa shape index (κ2) is 6.40. The number of aliphatic hydroxyl groups excluding tert-OH is 1. The van der Waals surface area contributed by atoms with Gasteiger partial charge in [0.15, 0.2) is 0 Å². The molecule has 0 spiro atoms. The van der Waals surface area contributed by atoms with Crippen molar-refractivity contribution in [2.45, 2.75) is 45.7 Å². The Bertz CT molecular complexity index is 419. The first-order valence-corrected chi connectivity index (χ1v) is 7.22. The summed E-state index contributed by atoms with van der Waals surface area (Å²) in [6.07, 6.45) is 2.14. The summed E-state index contributed by atoms with van der Waals surface area (Å²) in [7, 11) is 0. The number of benzene rings is 1. The van der Waals surface area contributed by atoms with Crippen LogP contribution in [-0.4, -0.2) is 24.4 Å². The molecule has 0 radical (unpaired) electrons. The van der Waals surface area contributed by atoms with Crippen LogP contribution in [0.1, 0.15) is 43.9 Å². The zero-order chi connectivity index (χ0) is 13.8. The molecule has 0 bridgehead atoms. The van der Waals surface area contributed by atoms with Gasteiger partial charge in [-0.25, -0.2) is 0 Å². The lowest BCUT2D eigenvalue weighted by atomic mass is 9.96. The number of rotatable bonds is 4. The highest BCUT2D eigenvalue weighted by molar-refractivity contribution is 5.43. The van der Waals surface area contributed by atoms with Crippen LogP contribution < -0.4 is 10.1 Å². The van der Waals surface area contributed by atoms with E-state index in [4.69, 9.17) is 4.74 Å². The highest BCUT2D eigenvalue weighted by atomic mass is 16.5. The summed E-state index contributed by atoms with van der Waals surface area (Å²) in [5.74, 6) is 1.30. The molecule has 0 amide bonds. The third-order valence-electron chi connectivity index (χ3n) is 4.11. The Labute approximate surface area is 116 Å². The van der Waals surface area contributed by atoms with Gasteiger partial charge >= 0.3 is 0 Å². The van der Waals surface area contributed by atoms with Gasteiger partial charge in [0.2, 0.25) is 0 Å². The van der Waals surface area contributed by atoms with E-state index in [0.29, 0.717) is 12.1 Å². The lowest BCUT2D eigenvalue weighted by Crippen LogP contribution is -2.36. The van der Waals surface area contributed by atoms with Crippen LogP contribution in [0.15, 0.2) is 18.2 Å². The molecule has 3 atom stereocenters. The first kappa shape index (κ1) is 14.4. The largest absolute Gasteiger partial charge is 0.493 e. The minimum Gasteiger partial charge on any atom is -0.493 e. The van der Waals surface area contributed by atoms with E-state index in [9.17, 15) is 5.11 Å². The number of aryl methyl sites for hydroxylation is 1. The maximum Gasteiger partial charge on any atom is 0.126 e. The highest BCUT2D eigenvalue weighted by Crippen LogP contribution is 2.34. The van der Waals surface area contributed by atoms with Crippen LogP contribution in [0.25, 0.3) is 0 Å². The normalized spacial score (nSPS) is 22.0. The molecule has 1 heterocycles. The van der Waals surface area contributed by atoms with Crippen molar-refractivity contribution in [2.24, 2.45) is 5.92 Å². The third kappa shape index (κ3) is 3.28. The zero-order valence-electron chi connectivity index (χ0n) is 12.1. The SMILES string of the molecule is Cc1cccc2c1OCCCC2NC(C)C(C)CO. The molecular weight excluding hydrogens is 238 g/mol. The minimum absolute atomic E-state index is 0.220. The van der Waals surface area contributed by atoms with Gasteiger partial charge in [0.1, 0.15) is 5.75 Å². The van der Waals surface area contributed by atoms with Crippen LogP contribution in [0.5, 0.6) is 5.75 Å². The minimum atomic E-state index is 0.220. The molecule has 2 N–H and O–H groups in total. The quantitative estimate of drug-likeness (QED) is 0.877. The van der Waals surface area contributed by atoms with Crippen molar-refractivity contribution in [3.05, 3.63) is 29.3 Å². The Morgan fingerprint density at radius 1 is 1.42 bits per heavy atom. The van der Waals surface area contributed by atoms with Gasteiger partial charge in [-0.15, -0.1) is 0 Å². The Kier molecular flexibility index (Phi) is 4.83. The molecule has 19 heavy (non-hydrogen) atoms. The summed E-state index contributed by atoms with van der Waals surface area (Å²) in [5, 5.41) is 12.9. The van der Waals surface area contributed by atoms with Crippen LogP contribution in [0.2, 0.25) is 0 Å². The van der Waals surface area contributed by atoms with Crippen LogP contribution in [-0.2, 0) is 0 Å². The summed E-state index contributed by atoms with van der Waals surface area (Å²) < 4.78 is 5.89. The molecule has 2 rings (SSSR count). The van der Waals surface area contributed by atoms with Crippen molar-refractivity contribution in [2.75, 3.05) is 13.2 Å². The molecular formula is C16H25NO2. The Morgan fingerprint density at radius 3 is 2.95 bits per heavy atom. The molecule has 3 heteroatoms. The van der Waals surface area contributed by atoms with E-state index in [2.05, 4.69) is 44.3 Å². The predicted octanol–water partition coefficient (Wildman–Crippen LogP) is 2.82. The third-order valence-corrected chi connectivity index (χ3v) is 4.11.